The first-order valence-electron chi connectivity index (χ1n) is 13.9. The number of ether oxygens (including phenoxy) is 4. The number of esters is 2. The first-order valence-corrected chi connectivity index (χ1v) is 13.9. The van der Waals surface area contributed by atoms with Crippen molar-refractivity contribution in [3.8, 4) is 11.5 Å². The Kier molecular flexibility index (Phi) is 13.1. The Morgan fingerprint density at radius 2 is 1.35 bits per heavy atom. The lowest BCUT2D eigenvalue weighted by molar-refractivity contribution is -0.147. The van der Waals surface area contributed by atoms with Crippen LogP contribution in [0.4, 0.5) is 4.79 Å². The highest BCUT2D eigenvalue weighted by atomic mass is 16.7. The van der Waals surface area contributed by atoms with Crippen LogP contribution in [-0.2, 0) is 23.9 Å². The van der Waals surface area contributed by atoms with Crippen molar-refractivity contribution in [2.45, 2.75) is 119 Å². The molecule has 0 fully saturated rings. The molecule has 3 N–H and O–H groups in total. The second-order valence-corrected chi connectivity index (χ2v) is 11.6. The summed E-state index contributed by atoms with van der Waals surface area (Å²) in [6.07, 6.45) is 0.659. The summed E-state index contributed by atoms with van der Waals surface area (Å²) in [4.78, 5) is 49.9. The number of carboxylic acids is 1. The normalized spacial score (nSPS) is 14.8. The number of hydrogen-bond acceptors (Lipinski definition) is 9. The quantitative estimate of drug-likeness (QED) is 0.192. The molecule has 0 amide bonds. The molecule has 0 aliphatic carbocycles. The minimum Gasteiger partial charge on any atom is -0.480 e. The summed E-state index contributed by atoms with van der Waals surface area (Å²) >= 11 is 0. The lowest BCUT2D eigenvalue weighted by atomic mass is 9.86. The maximum absolute atomic E-state index is 13.0. The molecule has 1 rings (SSSR count). The van der Waals surface area contributed by atoms with Gasteiger partial charge in [-0.1, -0.05) is 33.3 Å². The van der Waals surface area contributed by atoms with Crippen molar-refractivity contribution in [1.29, 1.82) is 0 Å². The van der Waals surface area contributed by atoms with Crippen LogP contribution >= 0.6 is 0 Å². The maximum atomic E-state index is 13.0. The van der Waals surface area contributed by atoms with Gasteiger partial charge in [0.15, 0.2) is 11.5 Å². The Bertz CT molecular complexity index is 1030. The molecule has 0 radical (unpaired) electrons. The predicted octanol–water partition coefficient (Wildman–Crippen LogP) is 5.99. The van der Waals surface area contributed by atoms with E-state index >= 15 is 0 Å². The number of aliphatic carboxylic acids is 1. The summed E-state index contributed by atoms with van der Waals surface area (Å²) in [7, 11) is 0. The number of carboxylic acid groups (broad SMARTS) is 1. The van der Waals surface area contributed by atoms with Gasteiger partial charge in [0.05, 0.1) is 10.8 Å². The summed E-state index contributed by atoms with van der Waals surface area (Å²) in [6.45, 7) is 16.0. The zero-order valence-corrected chi connectivity index (χ0v) is 25.4. The van der Waals surface area contributed by atoms with E-state index in [2.05, 4.69) is 0 Å². The fourth-order valence-electron chi connectivity index (χ4n) is 3.57. The van der Waals surface area contributed by atoms with Gasteiger partial charge < -0.3 is 29.8 Å². The number of carbonyl (C=O) groups excluding carboxylic acids is 3. The van der Waals surface area contributed by atoms with Crippen LogP contribution in [0.2, 0.25) is 0 Å². The average molecular weight is 566 g/mol. The SMILES string of the molecule is CCCC(C)OC(=O)OC(C)CC(c1ccc(OC(=O)C(C)(C)CC)c(OC(=O)C(C)(C)CC)c1)[C@H](N)C(=O)O. The van der Waals surface area contributed by atoms with E-state index in [-0.39, 0.29) is 24.0 Å². The Hall–Kier alpha value is -3.14. The lowest BCUT2D eigenvalue weighted by Crippen LogP contribution is -2.38. The third-order valence-corrected chi connectivity index (χ3v) is 7.27. The van der Waals surface area contributed by atoms with Gasteiger partial charge in [-0.3, -0.25) is 14.4 Å². The van der Waals surface area contributed by atoms with Crippen molar-refractivity contribution >= 4 is 24.1 Å². The monoisotopic (exact) mass is 565 g/mol. The summed E-state index contributed by atoms with van der Waals surface area (Å²) in [6, 6.07) is 3.09. The summed E-state index contributed by atoms with van der Waals surface area (Å²) in [5.41, 5.74) is 4.86. The molecule has 40 heavy (non-hydrogen) atoms. The van der Waals surface area contributed by atoms with E-state index in [1.165, 1.54) is 12.1 Å². The second-order valence-electron chi connectivity index (χ2n) is 11.6. The van der Waals surface area contributed by atoms with Gasteiger partial charge >= 0.3 is 24.1 Å². The van der Waals surface area contributed by atoms with E-state index in [4.69, 9.17) is 24.7 Å². The molecule has 10 nitrogen and oxygen atoms in total. The standard InChI is InChI=1S/C30H47NO9/c1-10-13-18(4)37-28(36)38-19(5)16-21(24(31)25(32)33)20-14-15-22(39-26(34)29(6,7)11-2)23(17-20)40-27(35)30(8,9)12-3/h14-15,17-19,21,24H,10-13,16,31H2,1-9H3,(H,32,33)/t18?,19?,21?,24-/m0/s1. The van der Waals surface area contributed by atoms with Gasteiger partial charge in [0.1, 0.15) is 18.2 Å². The zero-order chi connectivity index (χ0) is 30.8. The number of carbonyl (C=O) groups is 4. The molecule has 0 aliphatic rings. The molecule has 0 bridgehead atoms. The highest BCUT2D eigenvalue weighted by Crippen LogP contribution is 2.37. The van der Waals surface area contributed by atoms with E-state index in [0.717, 1.165) is 6.42 Å². The molecule has 0 spiro atoms. The first-order chi connectivity index (χ1) is 18.5. The topological polar surface area (TPSA) is 151 Å². The van der Waals surface area contributed by atoms with Crippen LogP contribution in [0.5, 0.6) is 11.5 Å². The summed E-state index contributed by atoms with van der Waals surface area (Å²) in [5, 5.41) is 9.72. The molecule has 0 aromatic heterocycles. The molecular weight excluding hydrogens is 518 g/mol. The Balaban J connectivity index is 3.42. The summed E-state index contributed by atoms with van der Waals surface area (Å²) < 4.78 is 21.9. The first kappa shape index (κ1) is 34.9. The van der Waals surface area contributed by atoms with Crippen LogP contribution in [0.15, 0.2) is 18.2 Å². The smallest absolute Gasteiger partial charge is 0.480 e. The van der Waals surface area contributed by atoms with E-state index < -0.39 is 53.0 Å². The molecule has 226 valence electrons. The molecule has 1 aromatic carbocycles. The second kappa shape index (κ2) is 15.0. The molecular formula is C30H47NO9. The van der Waals surface area contributed by atoms with Crippen molar-refractivity contribution < 1.29 is 43.2 Å². The number of rotatable bonds is 15. The van der Waals surface area contributed by atoms with Gasteiger partial charge in [-0.2, -0.15) is 0 Å². The van der Waals surface area contributed by atoms with E-state index in [1.807, 2.05) is 20.8 Å². The molecule has 0 heterocycles. The van der Waals surface area contributed by atoms with Crippen molar-refractivity contribution in [2.24, 2.45) is 16.6 Å². The third-order valence-electron chi connectivity index (χ3n) is 7.27. The molecule has 0 saturated heterocycles. The van der Waals surface area contributed by atoms with Gasteiger partial charge in [-0.15, -0.1) is 0 Å². The van der Waals surface area contributed by atoms with Gasteiger partial charge in [0.2, 0.25) is 0 Å². The van der Waals surface area contributed by atoms with Gasteiger partial charge in [-0.05, 0) is 84.9 Å². The molecule has 0 aliphatic heterocycles. The minimum absolute atomic E-state index is 0.0240. The zero-order valence-electron chi connectivity index (χ0n) is 25.4. The van der Waals surface area contributed by atoms with Gasteiger partial charge in [-0.25, -0.2) is 4.79 Å². The highest BCUT2D eigenvalue weighted by Gasteiger charge is 2.34. The van der Waals surface area contributed by atoms with Crippen LogP contribution in [0.25, 0.3) is 0 Å². The van der Waals surface area contributed by atoms with E-state index in [1.54, 1.807) is 47.6 Å². The van der Waals surface area contributed by atoms with Crippen LogP contribution in [0, 0.1) is 10.8 Å². The number of nitrogens with two attached hydrogens (primary N) is 1. The highest BCUT2D eigenvalue weighted by molar-refractivity contribution is 5.81. The molecule has 3 unspecified atom stereocenters. The Morgan fingerprint density at radius 1 is 0.850 bits per heavy atom. The third kappa shape index (κ3) is 10.1. The molecule has 10 heteroatoms. The Labute approximate surface area is 237 Å². The van der Waals surface area contributed by atoms with Crippen LogP contribution in [0.1, 0.15) is 106 Å². The summed E-state index contributed by atoms with van der Waals surface area (Å²) in [5.74, 6) is -3.17. The predicted molar refractivity (Wildman–Crippen MR) is 150 cm³/mol. The van der Waals surface area contributed by atoms with Crippen LogP contribution in [-0.4, -0.2) is 47.4 Å². The lowest BCUT2D eigenvalue weighted by Gasteiger charge is -2.27. The fourth-order valence-corrected chi connectivity index (χ4v) is 3.57. The van der Waals surface area contributed by atoms with E-state index in [9.17, 15) is 24.3 Å². The minimum atomic E-state index is -1.37. The van der Waals surface area contributed by atoms with Crippen molar-refractivity contribution in [3.05, 3.63) is 23.8 Å². The molecule has 0 saturated carbocycles. The maximum Gasteiger partial charge on any atom is 0.508 e. The number of hydrogen-bond donors (Lipinski definition) is 2. The van der Waals surface area contributed by atoms with Gasteiger partial charge in [0, 0.05) is 5.92 Å². The largest absolute Gasteiger partial charge is 0.508 e. The van der Waals surface area contributed by atoms with Crippen molar-refractivity contribution in [2.75, 3.05) is 0 Å². The Morgan fingerprint density at radius 3 is 1.82 bits per heavy atom. The number of benzene rings is 1. The van der Waals surface area contributed by atoms with Crippen molar-refractivity contribution in [1.82, 2.24) is 0 Å². The average Bonchev–Trinajstić information content (AvgIpc) is 2.87. The van der Waals surface area contributed by atoms with Crippen molar-refractivity contribution in [3.63, 3.8) is 0 Å². The molecule has 4 atom stereocenters. The fraction of sp³-hybridized carbons (Fsp3) is 0.667. The van der Waals surface area contributed by atoms with Gasteiger partial charge in [0.25, 0.3) is 0 Å². The van der Waals surface area contributed by atoms with Crippen LogP contribution in [0.3, 0.4) is 0 Å². The van der Waals surface area contributed by atoms with E-state index in [0.29, 0.717) is 24.8 Å². The molecule has 1 aromatic rings. The van der Waals surface area contributed by atoms with Crippen LogP contribution < -0.4 is 15.2 Å².